The Labute approximate surface area is 157 Å². The molecule has 0 saturated heterocycles. The first-order valence-corrected chi connectivity index (χ1v) is 9.48. The third-order valence-corrected chi connectivity index (χ3v) is 4.94. The monoisotopic (exact) mass is 385 g/mol. The van der Waals surface area contributed by atoms with Crippen molar-refractivity contribution in [1.29, 1.82) is 0 Å². The number of aryl methyl sites for hydroxylation is 2. The summed E-state index contributed by atoms with van der Waals surface area (Å²) in [7, 11) is -3.78. The maximum Gasteiger partial charge on any atom is 0.257 e. The van der Waals surface area contributed by atoms with Gasteiger partial charge >= 0.3 is 0 Å². The van der Waals surface area contributed by atoms with E-state index in [9.17, 15) is 8.42 Å². The lowest BCUT2D eigenvalue weighted by Crippen LogP contribution is -2.30. The van der Waals surface area contributed by atoms with Crippen molar-refractivity contribution >= 4 is 33.2 Å². The average Bonchev–Trinajstić information content (AvgIpc) is 2.63. The van der Waals surface area contributed by atoms with Gasteiger partial charge in [-0.05, 0) is 43.7 Å². The molecular weight excluding hydrogens is 366 g/mol. The van der Waals surface area contributed by atoms with E-state index in [0.717, 1.165) is 11.1 Å². The summed E-state index contributed by atoms with van der Waals surface area (Å²) in [5.74, 6) is 0.988. The number of benzene rings is 1. The predicted octanol–water partition coefficient (Wildman–Crippen LogP) is 2.12. The van der Waals surface area contributed by atoms with Gasteiger partial charge in [-0.3, -0.25) is 5.43 Å². The summed E-state index contributed by atoms with van der Waals surface area (Å²) >= 11 is 0. The fourth-order valence-corrected chi connectivity index (χ4v) is 3.06. The third kappa shape index (κ3) is 4.49. The van der Waals surface area contributed by atoms with Crippen molar-refractivity contribution in [2.24, 2.45) is 0 Å². The summed E-state index contributed by atoms with van der Waals surface area (Å²) in [6.07, 6.45) is 2.92. The maximum atomic E-state index is 12.4. The third-order valence-electron chi connectivity index (χ3n) is 3.68. The Morgan fingerprint density at radius 2 is 1.63 bits per heavy atom. The molecule has 0 aliphatic rings. The second-order valence-electron chi connectivity index (χ2n) is 5.87. The van der Waals surface area contributed by atoms with Gasteiger partial charge in [0.1, 0.15) is 17.8 Å². The minimum atomic E-state index is -3.78. The molecule has 0 bridgehead atoms. The smallest absolute Gasteiger partial charge is 0.257 e. The van der Waals surface area contributed by atoms with E-state index in [-0.39, 0.29) is 16.4 Å². The maximum absolute atomic E-state index is 12.4. The first-order chi connectivity index (χ1) is 12.8. The summed E-state index contributed by atoms with van der Waals surface area (Å²) in [6.45, 7) is 3.81. The van der Waals surface area contributed by atoms with E-state index in [1.807, 2.05) is 26.0 Å². The number of hydrogen-bond acceptors (Lipinski definition) is 8. The molecule has 2 heterocycles. The van der Waals surface area contributed by atoms with Gasteiger partial charge in [0.05, 0.1) is 4.90 Å². The molecule has 0 spiro atoms. The van der Waals surface area contributed by atoms with Gasteiger partial charge in [-0.2, -0.15) is 0 Å². The Bertz CT molecular complexity index is 1050. The van der Waals surface area contributed by atoms with Crippen LogP contribution < -0.4 is 21.3 Å². The number of sulfonamides is 1. The predicted molar refractivity (Wildman–Crippen MR) is 104 cm³/mol. The van der Waals surface area contributed by atoms with E-state index >= 15 is 0 Å². The number of hydrazine groups is 1. The Morgan fingerprint density at radius 1 is 0.926 bits per heavy atom. The molecule has 9 nitrogen and oxygen atoms in total. The van der Waals surface area contributed by atoms with E-state index < -0.39 is 10.0 Å². The Morgan fingerprint density at radius 3 is 2.33 bits per heavy atom. The van der Waals surface area contributed by atoms with E-state index in [1.165, 1.54) is 18.5 Å². The van der Waals surface area contributed by atoms with Gasteiger partial charge in [-0.1, -0.05) is 17.7 Å². The van der Waals surface area contributed by atoms with Crippen LogP contribution in [0.3, 0.4) is 0 Å². The molecule has 0 aliphatic carbocycles. The number of aromatic nitrogens is 3. The highest BCUT2D eigenvalue weighted by Crippen LogP contribution is 2.25. The summed E-state index contributed by atoms with van der Waals surface area (Å²) in [4.78, 5) is 14.6. The minimum Gasteiger partial charge on any atom is -0.393 e. The average molecular weight is 385 g/mol. The first-order valence-electron chi connectivity index (χ1n) is 8.00. The van der Waals surface area contributed by atoms with Gasteiger partial charge < -0.3 is 11.1 Å². The quantitative estimate of drug-likeness (QED) is 0.474. The van der Waals surface area contributed by atoms with Crippen LogP contribution in [-0.2, 0) is 10.0 Å². The zero-order chi connectivity index (χ0) is 19.4. The molecule has 0 saturated carbocycles. The number of rotatable bonds is 6. The van der Waals surface area contributed by atoms with Gasteiger partial charge in [0, 0.05) is 6.20 Å². The second-order valence-corrected chi connectivity index (χ2v) is 7.55. The van der Waals surface area contributed by atoms with Crippen LogP contribution in [0.5, 0.6) is 0 Å². The van der Waals surface area contributed by atoms with Gasteiger partial charge in [-0.15, -0.1) is 4.83 Å². The molecule has 0 fully saturated rings. The molecule has 0 radical (unpaired) electrons. The lowest BCUT2D eigenvalue weighted by Gasteiger charge is -2.13. The van der Waals surface area contributed by atoms with Crippen molar-refractivity contribution in [3.8, 4) is 0 Å². The molecule has 10 heteroatoms. The number of nitrogens with one attached hydrogen (secondary N) is 3. The van der Waals surface area contributed by atoms with Crippen LogP contribution in [0, 0.1) is 13.8 Å². The molecule has 2 aromatic heterocycles. The number of nitrogens with two attached hydrogens (primary N) is 1. The van der Waals surface area contributed by atoms with Crippen LogP contribution in [-0.4, -0.2) is 23.4 Å². The lowest BCUT2D eigenvalue weighted by atomic mass is 10.2. The molecule has 0 aliphatic heterocycles. The SMILES string of the molecule is Cc1ccc(S(=O)(=O)NNc2ncnc(Nc3cc(C)ccn3)c2N)cc1. The number of pyridine rings is 1. The Hall–Kier alpha value is -3.24. The number of nitrogens with zero attached hydrogens (tertiary/aromatic N) is 3. The molecule has 5 N–H and O–H groups in total. The summed E-state index contributed by atoms with van der Waals surface area (Å²) in [6, 6.07) is 10.1. The van der Waals surface area contributed by atoms with Crippen molar-refractivity contribution in [3.63, 3.8) is 0 Å². The topological polar surface area (TPSA) is 135 Å². The second kappa shape index (κ2) is 7.56. The first kappa shape index (κ1) is 18.5. The summed E-state index contributed by atoms with van der Waals surface area (Å²) in [5.41, 5.74) is 10.7. The fraction of sp³-hybridized carbons (Fsp3) is 0.118. The van der Waals surface area contributed by atoms with E-state index in [4.69, 9.17) is 5.73 Å². The van der Waals surface area contributed by atoms with Gasteiger partial charge in [0.15, 0.2) is 11.6 Å². The number of nitrogen functional groups attached to an aromatic ring is 1. The van der Waals surface area contributed by atoms with Crippen LogP contribution in [0.25, 0.3) is 0 Å². The highest BCUT2D eigenvalue weighted by molar-refractivity contribution is 7.89. The zero-order valence-corrected chi connectivity index (χ0v) is 15.6. The molecule has 0 amide bonds. The Kier molecular flexibility index (Phi) is 5.19. The molecular formula is C17H19N7O2S. The van der Waals surface area contributed by atoms with Crippen LogP contribution >= 0.6 is 0 Å². The summed E-state index contributed by atoms with van der Waals surface area (Å²) < 4.78 is 24.7. The molecule has 140 valence electrons. The Balaban J connectivity index is 1.77. The van der Waals surface area contributed by atoms with Gasteiger partial charge in [0.25, 0.3) is 10.0 Å². The molecule has 0 atom stereocenters. The lowest BCUT2D eigenvalue weighted by molar-refractivity contribution is 0.587. The molecule has 27 heavy (non-hydrogen) atoms. The van der Waals surface area contributed by atoms with Crippen LogP contribution in [0.15, 0.2) is 53.8 Å². The van der Waals surface area contributed by atoms with E-state index in [0.29, 0.717) is 11.6 Å². The molecule has 1 aromatic carbocycles. The number of hydrogen-bond donors (Lipinski definition) is 4. The molecule has 3 aromatic rings. The van der Waals surface area contributed by atoms with Crippen molar-refractivity contribution in [2.45, 2.75) is 18.7 Å². The van der Waals surface area contributed by atoms with E-state index in [1.54, 1.807) is 18.3 Å². The summed E-state index contributed by atoms with van der Waals surface area (Å²) in [5, 5.41) is 2.98. The normalized spacial score (nSPS) is 11.2. The van der Waals surface area contributed by atoms with Gasteiger partial charge in [-0.25, -0.2) is 23.4 Å². The standard InChI is InChI=1S/C17H19N7O2S/c1-11-3-5-13(6-4-11)27(25,26)24-23-17-15(18)16(20-10-21-17)22-14-9-12(2)7-8-19-14/h3-10,24H,18H2,1-2H3,(H2,19,20,21,22,23). The van der Waals surface area contributed by atoms with Crippen LogP contribution in [0.1, 0.15) is 11.1 Å². The fourth-order valence-electron chi connectivity index (χ4n) is 2.21. The van der Waals surface area contributed by atoms with Crippen molar-refractivity contribution in [2.75, 3.05) is 16.5 Å². The van der Waals surface area contributed by atoms with Gasteiger partial charge in [0.2, 0.25) is 0 Å². The zero-order valence-electron chi connectivity index (χ0n) is 14.8. The highest BCUT2D eigenvalue weighted by Gasteiger charge is 2.15. The van der Waals surface area contributed by atoms with Crippen LogP contribution in [0.2, 0.25) is 0 Å². The van der Waals surface area contributed by atoms with Crippen molar-refractivity contribution < 1.29 is 8.42 Å². The molecule has 0 unspecified atom stereocenters. The minimum absolute atomic E-state index is 0.121. The van der Waals surface area contributed by atoms with Crippen LogP contribution in [0.4, 0.5) is 23.1 Å². The van der Waals surface area contributed by atoms with Crippen molar-refractivity contribution in [1.82, 2.24) is 19.8 Å². The van der Waals surface area contributed by atoms with Crippen molar-refractivity contribution in [3.05, 3.63) is 60.0 Å². The van der Waals surface area contributed by atoms with E-state index in [2.05, 4.69) is 30.5 Å². The molecule has 3 rings (SSSR count). The highest BCUT2D eigenvalue weighted by atomic mass is 32.2. The largest absolute Gasteiger partial charge is 0.393 e. The number of anilines is 4.